The summed E-state index contributed by atoms with van der Waals surface area (Å²) in [6.45, 7) is 0. The molecular weight excluding hydrogens is 353 g/mol. The molecule has 0 spiro atoms. The summed E-state index contributed by atoms with van der Waals surface area (Å²) in [5.74, 6) is -1.31. The molecule has 2 amide bonds. The fourth-order valence-electron chi connectivity index (χ4n) is 3.04. The maximum atomic E-state index is 13.3. The molecule has 1 N–H and O–H groups in total. The van der Waals surface area contributed by atoms with E-state index >= 15 is 0 Å². The number of carbonyl (C=O) groups is 2. The molecule has 0 saturated carbocycles. The molecule has 1 saturated heterocycles. The van der Waals surface area contributed by atoms with E-state index in [1.807, 2.05) is 0 Å². The quantitative estimate of drug-likeness (QED) is 0.787. The zero-order valence-corrected chi connectivity index (χ0v) is 13.4. The fourth-order valence-corrected chi connectivity index (χ4v) is 4.25. The van der Waals surface area contributed by atoms with Crippen molar-refractivity contribution in [2.24, 2.45) is 0 Å². The zero-order chi connectivity index (χ0) is 17.8. The molecule has 2 aliphatic rings. The molecule has 128 valence electrons. The van der Waals surface area contributed by atoms with Crippen molar-refractivity contribution < 1.29 is 22.8 Å². The summed E-state index contributed by atoms with van der Waals surface area (Å²) in [7, 11) is 0. The average molecular weight is 364 g/mol. The van der Waals surface area contributed by atoms with Crippen LogP contribution in [0.25, 0.3) is 0 Å². The number of anilines is 2. The van der Waals surface area contributed by atoms with Gasteiger partial charge in [0.25, 0.3) is 5.91 Å². The van der Waals surface area contributed by atoms with Crippen molar-refractivity contribution in [2.75, 3.05) is 10.2 Å². The van der Waals surface area contributed by atoms with Crippen LogP contribution in [0.4, 0.5) is 24.5 Å². The van der Waals surface area contributed by atoms with E-state index in [2.05, 4.69) is 5.32 Å². The Morgan fingerprint density at radius 2 is 1.64 bits per heavy atom. The molecule has 2 unspecified atom stereocenters. The number of para-hydroxylation sites is 2. The number of rotatable bonds is 1. The largest absolute Gasteiger partial charge is 0.418 e. The van der Waals surface area contributed by atoms with Crippen LogP contribution in [0.3, 0.4) is 0 Å². The Labute approximate surface area is 145 Å². The van der Waals surface area contributed by atoms with Gasteiger partial charge in [0.1, 0.15) is 11.3 Å². The highest BCUT2D eigenvalue weighted by molar-refractivity contribution is 8.01. The second kappa shape index (κ2) is 5.52. The SMILES string of the molecule is O=C1C2Nc3ccccc3SC2C(=O)N1c1ccccc1C(F)(F)F. The summed E-state index contributed by atoms with van der Waals surface area (Å²) in [5.41, 5.74) is -0.732. The van der Waals surface area contributed by atoms with E-state index in [0.717, 1.165) is 17.0 Å². The molecule has 2 atom stereocenters. The molecule has 2 aromatic carbocycles. The molecule has 25 heavy (non-hydrogen) atoms. The minimum absolute atomic E-state index is 0.425. The van der Waals surface area contributed by atoms with E-state index < -0.39 is 40.5 Å². The Bertz CT molecular complexity index is 841. The molecule has 0 bridgehead atoms. The number of amides is 2. The van der Waals surface area contributed by atoms with Gasteiger partial charge in [-0.25, -0.2) is 4.90 Å². The van der Waals surface area contributed by atoms with Gasteiger partial charge in [0, 0.05) is 10.6 Å². The molecule has 4 nitrogen and oxygen atoms in total. The number of carbonyl (C=O) groups excluding carboxylic acids is 2. The fraction of sp³-hybridized carbons (Fsp3) is 0.176. The second-order valence-electron chi connectivity index (χ2n) is 5.68. The summed E-state index contributed by atoms with van der Waals surface area (Å²) in [6, 6.07) is 10.9. The van der Waals surface area contributed by atoms with Gasteiger partial charge >= 0.3 is 6.18 Å². The minimum Gasteiger partial charge on any atom is -0.371 e. The Morgan fingerprint density at radius 3 is 2.40 bits per heavy atom. The third kappa shape index (κ3) is 2.48. The van der Waals surface area contributed by atoms with Gasteiger partial charge in [0.15, 0.2) is 0 Å². The highest BCUT2D eigenvalue weighted by Gasteiger charge is 2.52. The summed E-state index contributed by atoms with van der Waals surface area (Å²) >= 11 is 1.20. The second-order valence-corrected chi connectivity index (χ2v) is 6.87. The smallest absolute Gasteiger partial charge is 0.371 e. The van der Waals surface area contributed by atoms with Crippen LogP contribution in [-0.4, -0.2) is 23.1 Å². The lowest BCUT2D eigenvalue weighted by Crippen LogP contribution is -2.38. The van der Waals surface area contributed by atoms with Gasteiger partial charge < -0.3 is 5.32 Å². The number of fused-ring (bicyclic) bond motifs is 2. The molecule has 4 rings (SSSR count). The van der Waals surface area contributed by atoms with E-state index in [-0.39, 0.29) is 0 Å². The van der Waals surface area contributed by atoms with Gasteiger partial charge in [-0.15, -0.1) is 11.8 Å². The van der Waals surface area contributed by atoms with Crippen LogP contribution in [0, 0.1) is 0 Å². The van der Waals surface area contributed by atoms with Crippen LogP contribution in [0.5, 0.6) is 0 Å². The zero-order valence-electron chi connectivity index (χ0n) is 12.6. The number of nitrogens with one attached hydrogen (secondary N) is 1. The Balaban J connectivity index is 1.76. The number of halogens is 3. The van der Waals surface area contributed by atoms with Gasteiger partial charge in [-0.3, -0.25) is 9.59 Å². The monoisotopic (exact) mass is 364 g/mol. The van der Waals surface area contributed by atoms with Crippen LogP contribution >= 0.6 is 11.8 Å². The molecule has 0 radical (unpaired) electrons. The lowest BCUT2D eigenvalue weighted by atomic mass is 10.1. The topological polar surface area (TPSA) is 49.4 Å². The number of imide groups is 1. The highest BCUT2D eigenvalue weighted by Crippen LogP contribution is 2.44. The first-order valence-corrected chi connectivity index (χ1v) is 8.32. The van der Waals surface area contributed by atoms with Gasteiger partial charge in [-0.05, 0) is 24.3 Å². The molecule has 0 aliphatic carbocycles. The number of hydrogen-bond donors (Lipinski definition) is 1. The summed E-state index contributed by atoms with van der Waals surface area (Å²) in [4.78, 5) is 26.9. The van der Waals surface area contributed by atoms with Crippen LogP contribution in [0.15, 0.2) is 53.4 Å². The Hall–Kier alpha value is -2.48. The average Bonchev–Trinajstić information content (AvgIpc) is 2.83. The first-order chi connectivity index (χ1) is 11.9. The Morgan fingerprint density at radius 1 is 0.960 bits per heavy atom. The lowest BCUT2D eigenvalue weighted by molar-refractivity contribution is -0.137. The van der Waals surface area contributed by atoms with Crippen LogP contribution in [0.2, 0.25) is 0 Å². The van der Waals surface area contributed by atoms with Crippen molar-refractivity contribution in [3.8, 4) is 0 Å². The van der Waals surface area contributed by atoms with Crippen molar-refractivity contribution in [1.82, 2.24) is 0 Å². The maximum absolute atomic E-state index is 13.3. The summed E-state index contributed by atoms with van der Waals surface area (Å²) in [6.07, 6.45) is -4.66. The first-order valence-electron chi connectivity index (χ1n) is 7.44. The molecule has 2 heterocycles. The van der Waals surface area contributed by atoms with Crippen molar-refractivity contribution in [3.63, 3.8) is 0 Å². The van der Waals surface area contributed by atoms with Crippen molar-refractivity contribution >= 4 is 35.0 Å². The van der Waals surface area contributed by atoms with Crippen LogP contribution < -0.4 is 10.2 Å². The Kier molecular flexibility index (Phi) is 3.54. The number of thioether (sulfide) groups is 1. The molecule has 2 aliphatic heterocycles. The van der Waals surface area contributed by atoms with Crippen LogP contribution in [-0.2, 0) is 15.8 Å². The standard InChI is InChI=1S/C17H11F3N2O2S/c18-17(19,20)9-5-1-3-7-11(9)22-15(23)13-14(16(22)24)25-12-8-4-2-6-10(12)21-13/h1-8,13-14,21H. The predicted molar refractivity (Wildman–Crippen MR) is 87.4 cm³/mol. The summed E-state index contributed by atoms with van der Waals surface area (Å²) in [5, 5.41) is 2.19. The highest BCUT2D eigenvalue weighted by atomic mass is 32.2. The third-order valence-corrected chi connectivity index (χ3v) is 5.49. The third-order valence-electron chi connectivity index (χ3n) is 4.16. The van der Waals surface area contributed by atoms with Crippen molar-refractivity contribution in [2.45, 2.75) is 22.4 Å². The molecule has 0 aromatic heterocycles. The van der Waals surface area contributed by atoms with Crippen LogP contribution in [0.1, 0.15) is 5.56 Å². The molecule has 1 fully saturated rings. The lowest BCUT2D eigenvalue weighted by Gasteiger charge is -2.25. The number of alkyl halides is 3. The number of benzene rings is 2. The first kappa shape index (κ1) is 16.0. The summed E-state index contributed by atoms with van der Waals surface area (Å²) < 4.78 is 39.8. The van der Waals surface area contributed by atoms with Gasteiger partial charge in [-0.2, -0.15) is 13.2 Å². The van der Waals surface area contributed by atoms with E-state index in [0.29, 0.717) is 10.6 Å². The van der Waals surface area contributed by atoms with Gasteiger partial charge in [0.05, 0.1) is 11.3 Å². The molecule has 2 aromatic rings. The number of nitrogens with zero attached hydrogens (tertiary/aromatic N) is 1. The van der Waals surface area contributed by atoms with Gasteiger partial charge in [-0.1, -0.05) is 24.3 Å². The minimum atomic E-state index is -4.66. The molecular formula is C17H11F3N2O2S. The maximum Gasteiger partial charge on any atom is 0.418 e. The van der Waals surface area contributed by atoms with E-state index in [1.165, 1.54) is 23.9 Å². The van der Waals surface area contributed by atoms with Gasteiger partial charge in [0.2, 0.25) is 5.91 Å². The number of hydrogen-bond acceptors (Lipinski definition) is 4. The predicted octanol–water partition coefficient (Wildman–Crippen LogP) is 3.53. The van der Waals surface area contributed by atoms with E-state index in [4.69, 9.17) is 0 Å². The van der Waals surface area contributed by atoms with Crippen molar-refractivity contribution in [1.29, 1.82) is 0 Å². The normalized spacial score (nSPS) is 22.4. The molecule has 8 heteroatoms. The van der Waals surface area contributed by atoms with Crippen molar-refractivity contribution in [3.05, 3.63) is 54.1 Å². The van der Waals surface area contributed by atoms with E-state index in [9.17, 15) is 22.8 Å². The van der Waals surface area contributed by atoms with E-state index in [1.54, 1.807) is 24.3 Å².